The maximum atomic E-state index is 11.6. The second-order valence-electron chi connectivity index (χ2n) is 50.0. The summed E-state index contributed by atoms with van der Waals surface area (Å²) in [7, 11) is 0. The fraction of sp³-hybridized carbons (Fsp3) is 0.992. The molecule has 0 bridgehead atoms. The van der Waals surface area contributed by atoms with Crippen LogP contribution in [-0.2, 0) is 9.47 Å². The van der Waals surface area contributed by atoms with Gasteiger partial charge in [-0.25, -0.2) is 4.79 Å². The first-order valence-electron chi connectivity index (χ1n) is 58.4. The molecule has 0 radical (unpaired) electrons. The average molecular weight is 2020 g/mol. The second kappa shape index (κ2) is 84.1. The third kappa shape index (κ3) is 69.3. The molecule has 0 aromatic rings. The Hall–Kier alpha value is -1.37. The van der Waals surface area contributed by atoms with E-state index in [4.69, 9.17) is 15.2 Å². The fourth-order valence-corrected chi connectivity index (χ4v) is 21.5. The van der Waals surface area contributed by atoms with Crippen LogP contribution in [0.2, 0.25) is 0 Å². The largest absolute Gasteiger partial charge is 0.444 e. The van der Waals surface area contributed by atoms with Gasteiger partial charge in [0.25, 0.3) is 0 Å². The number of hydrogen-bond acceptors (Lipinski definition) is 18. The SMILES string of the molecule is C.C.C.C.C.C.CC(C)C1CCCC1C.CC(C)N1CCC(C)(C)C1.CC(C)N1CCC(N)CC1.CC(C)N1CCC(NC(=O)OC(C)(C)C)CC1.CC(C)N1CCCC1C.CC(C)N1CCN(C(C)C)CC1.CC(C)N1CCNCC1.CC(C)N1CCOCC1.CC1CCN(C(C)C)CC1.CC1CCN(C(C)C)CC1.CC1CCN(C(C)C)CC1.CCC1CCCN(C(C)C)C1.CCC1CCCN1C(C)C. The zero-order chi connectivity index (χ0) is 103. The standard InChI is InChI=1S/C13H26N2O2.C10H22N2.C10H21N.5C9H19N.C9H18.C8H18N2.C8H17N.C7H16N2.C7H15NO.6CH4/c1-10(2)15-8-6-11(7-9-15)14-12(16)17-13(3,4)5;1-9(2)11-5-7-12(8-6-11)10(3)4;1-4-10-6-5-7-11(8-10)9(2)3;1-8(2)10-6-5-9(3,4)7-10;3*1-8(2)10-6-4-9(3)5-7-10;1-4-9-6-5-7-10(9)8(2)3;1-7(2)9-6-4-5-8(9)3;1-7(2)10-5-3-8(9)4-6-10;1-7(2)9-6-4-5-8(9)3;1-7(2)9-5-3-8-4-6-9;1-7(2)8-3-5-9-6-4-8;;;;;;/h10-11H,6-9H2,1-5H3,(H,14,16);9-10H,5-8H2,1-4H3;9-10H,4-8H2,1-3H3;8H,5-7H2,1-4H3;4*8-9H,4-7H2,1-3H3;7-9H,4-6H2,1-3H3;7-8H,3-6,9H2,1-2H3;7-8H,4-6H2,1-3H3;7-8H,3-6H2,1-2H3;7H,3-6H2,1-2H3;6*1H4. The van der Waals surface area contributed by atoms with Crippen LogP contribution in [0.3, 0.4) is 0 Å². The minimum Gasteiger partial charge on any atom is -0.444 e. The van der Waals surface area contributed by atoms with Crippen LogP contribution >= 0.6 is 0 Å². The van der Waals surface area contributed by atoms with Crippen LogP contribution in [0.1, 0.15) is 463 Å². The summed E-state index contributed by atoms with van der Waals surface area (Å²) in [5.74, 6) is 6.84. The Bertz CT molecular complexity index is 2570. The van der Waals surface area contributed by atoms with Crippen molar-refractivity contribution in [2.45, 2.75) is 571 Å². The highest BCUT2D eigenvalue weighted by Gasteiger charge is 2.33. The first kappa shape index (κ1) is 151. The van der Waals surface area contributed by atoms with Gasteiger partial charge in [-0.2, -0.15) is 0 Å². The van der Waals surface area contributed by atoms with Crippen molar-refractivity contribution in [2.75, 3.05) is 183 Å². The van der Waals surface area contributed by atoms with Gasteiger partial charge in [0.05, 0.1) is 13.2 Å². The minimum absolute atomic E-state index is 0. The smallest absolute Gasteiger partial charge is 0.407 e. The molecule has 12 saturated heterocycles. The Kier molecular flexibility index (Phi) is 89.6. The Labute approximate surface area is 896 Å². The number of carbonyl (C=O) groups excluding carboxylic acids is 1. The van der Waals surface area contributed by atoms with Crippen molar-refractivity contribution in [1.82, 2.24) is 74.3 Å². The van der Waals surface area contributed by atoms with Gasteiger partial charge in [-0.3, -0.25) is 29.4 Å². The lowest BCUT2D eigenvalue weighted by molar-refractivity contribution is 0.0237. The molecule has 13 fully saturated rings. The molecule has 0 aromatic heterocycles. The van der Waals surface area contributed by atoms with E-state index in [0.29, 0.717) is 29.6 Å². The highest BCUT2D eigenvalue weighted by molar-refractivity contribution is 5.68. The molecule has 1 saturated carbocycles. The number of piperidine rings is 6. The van der Waals surface area contributed by atoms with Gasteiger partial charge in [0.1, 0.15) is 5.60 Å². The molecule has 13 aliphatic rings. The normalized spacial score (nSPS) is 24.1. The summed E-state index contributed by atoms with van der Waals surface area (Å²) in [6.45, 7) is 125. The number of piperazine rings is 2. The molecule has 19 heteroatoms. The van der Waals surface area contributed by atoms with E-state index in [1.807, 2.05) is 20.8 Å². The number of carbonyl (C=O) groups is 1. The average Bonchev–Trinajstić information content (AvgIpc) is 1.81. The monoisotopic (exact) mass is 2020 g/mol. The van der Waals surface area contributed by atoms with Gasteiger partial charge >= 0.3 is 6.09 Å². The van der Waals surface area contributed by atoms with E-state index in [2.05, 4.69) is 331 Å². The molecule has 862 valence electrons. The van der Waals surface area contributed by atoms with Crippen molar-refractivity contribution < 1.29 is 14.3 Å². The highest BCUT2D eigenvalue weighted by Crippen LogP contribution is 2.36. The molecule has 142 heavy (non-hydrogen) atoms. The lowest BCUT2D eigenvalue weighted by Crippen LogP contribution is -2.50. The van der Waals surface area contributed by atoms with E-state index in [1.54, 1.807) is 0 Å². The Balaban J connectivity index is -0.000000353. The maximum absolute atomic E-state index is 11.6. The van der Waals surface area contributed by atoms with Gasteiger partial charge in [-0.1, -0.05) is 133 Å². The van der Waals surface area contributed by atoms with Gasteiger partial charge < -0.3 is 60.1 Å². The van der Waals surface area contributed by atoms with Crippen LogP contribution in [0.4, 0.5) is 4.79 Å². The predicted molar refractivity (Wildman–Crippen MR) is 641 cm³/mol. The zero-order valence-electron chi connectivity index (χ0n) is 99.3. The summed E-state index contributed by atoms with van der Waals surface area (Å²) in [6, 6.07) is 11.9. The maximum Gasteiger partial charge on any atom is 0.407 e. The molecule has 12 heterocycles. The van der Waals surface area contributed by atoms with Crippen molar-refractivity contribution in [1.29, 1.82) is 0 Å². The molecule has 0 spiro atoms. The summed E-state index contributed by atoms with van der Waals surface area (Å²) < 4.78 is 10.5. The van der Waals surface area contributed by atoms with Crippen LogP contribution < -0.4 is 16.4 Å². The molecule has 5 unspecified atom stereocenters. The lowest BCUT2D eigenvalue weighted by Gasteiger charge is -2.38. The number of nitrogens with one attached hydrogen (secondary N) is 2. The van der Waals surface area contributed by atoms with Gasteiger partial charge in [0.2, 0.25) is 0 Å². The Morgan fingerprint density at radius 3 is 0.951 bits per heavy atom. The number of nitrogens with two attached hydrogens (primary N) is 1. The van der Waals surface area contributed by atoms with Gasteiger partial charge in [-0.15, -0.1) is 0 Å². The third-order valence-electron chi connectivity index (χ3n) is 32.3. The van der Waals surface area contributed by atoms with E-state index >= 15 is 0 Å². The van der Waals surface area contributed by atoms with Crippen LogP contribution in [0.15, 0.2) is 0 Å². The summed E-state index contributed by atoms with van der Waals surface area (Å²) >= 11 is 0. The van der Waals surface area contributed by atoms with Crippen molar-refractivity contribution in [2.24, 2.45) is 52.6 Å². The van der Waals surface area contributed by atoms with Crippen molar-refractivity contribution in [3.8, 4) is 0 Å². The molecular formula is C123H272N16O3. The number of nitrogens with zero attached hydrogens (tertiary/aromatic N) is 13. The van der Waals surface area contributed by atoms with Crippen LogP contribution in [0.25, 0.3) is 0 Å². The molecular weight excluding hydrogens is 1750 g/mol. The number of hydrogen-bond donors (Lipinski definition) is 3. The van der Waals surface area contributed by atoms with Crippen LogP contribution in [0.5, 0.6) is 0 Å². The summed E-state index contributed by atoms with van der Waals surface area (Å²) in [4.78, 5) is 44.6. The summed E-state index contributed by atoms with van der Waals surface area (Å²) in [5.41, 5.74) is 5.93. The number of amides is 1. The molecule has 5 atom stereocenters. The molecule has 12 aliphatic heterocycles. The van der Waals surface area contributed by atoms with E-state index in [9.17, 15) is 4.79 Å². The number of alkyl carbamates (subject to hydrolysis) is 1. The summed E-state index contributed by atoms with van der Waals surface area (Å²) in [5, 5.41) is 6.27. The fourth-order valence-electron chi connectivity index (χ4n) is 21.5. The molecule has 4 N–H and O–H groups in total. The first-order chi connectivity index (χ1) is 63.7. The Morgan fingerprint density at radius 2 is 0.690 bits per heavy atom. The van der Waals surface area contributed by atoms with E-state index in [1.165, 1.54) is 259 Å². The van der Waals surface area contributed by atoms with Gasteiger partial charge in [-0.05, 0) is 455 Å². The molecule has 0 aromatic carbocycles. The number of likely N-dealkylation sites (tertiary alicyclic amines) is 9. The number of ether oxygens (including phenoxy) is 2. The zero-order valence-corrected chi connectivity index (χ0v) is 99.3. The lowest BCUT2D eigenvalue weighted by atomic mass is 9.87. The van der Waals surface area contributed by atoms with Crippen LogP contribution in [0, 0.1) is 46.8 Å². The first-order valence-corrected chi connectivity index (χ1v) is 58.4. The molecule has 1 amide bonds. The number of rotatable bonds is 17. The van der Waals surface area contributed by atoms with Gasteiger partial charge in [0.15, 0.2) is 0 Å². The number of morpholine rings is 1. The van der Waals surface area contributed by atoms with E-state index in [-0.39, 0.29) is 56.7 Å². The highest BCUT2D eigenvalue weighted by atomic mass is 16.6. The Morgan fingerprint density at radius 1 is 0.359 bits per heavy atom. The quantitative estimate of drug-likeness (QED) is 0.128. The topological polar surface area (TPSA) is 128 Å². The minimum atomic E-state index is -0.414. The van der Waals surface area contributed by atoms with Crippen LogP contribution in [-0.4, -0.2) is 361 Å². The second-order valence-corrected chi connectivity index (χ2v) is 50.0. The molecule has 1 aliphatic carbocycles. The van der Waals surface area contributed by atoms with Crippen molar-refractivity contribution >= 4 is 6.09 Å². The molecule has 19 nitrogen and oxygen atoms in total. The van der Waals surface area contributed by atoms with Crippen molar-refractivity contribution in [3.05, 3.63) is 0 Å². The van der Waals surface area contributed by atoms with E-state index in [0.717, 1.165) is 179 Å². The predicted octanol–water partition coefficient (Wildman–Crippen LogP) is 27.7. The van der Waals surface area contributed by atoms with Crippen molar-refractivity contribution in [3.63, 3.8) is 0 Å². The van der Waals surface area contributed by atoms with Gasteiger partial charge in [0, 0.05) is 194 Å². The third-order valence-corrected chi connectivity index (χ3v) is 32.3. The summed E-state index contributed by atoms with van der Waals surface area (Å²) in [6.07, 6.45) is 29.5. The van der Waals surface area contributed by atoms with E-state index < -0.39 is 5.60 Å². The molecule has 13 rings (SSSR count).